The number of nitrogens with zero attached hydrogens (tertiary/aromatic N) is 3. The number of urea groups is 1. The molecule has 4 fully saturated rings. The van der Waals surface area contributed by atoms with Crippen LogP contribution in [0.5, 0.6) is 0 Å². The molecule has 3 heterocycles. The highest BCUT2D eigenvalue weighted by atomic mass is 35.5. The van der Waals surface area contributed by atoms with Gasteiger partial charge < -0.3 is 25.0 Å². The molecule has 1 spiro atoms. The molecule has 186 valence electrons. The van der Waals surface area contributed by atoms with Gasteiger partial charge in [0.25, 0.3) is 0 Å². The van der Waals surface area contributed by atoms with Crippen molar-refractivity contribution >= 4 is 40.8 Å². The van der Waals surface area contributed by atoms with Crippen molar-refractivity contribution in [2.24, 2.45) is 10.8 Å². The zero-order chi connectivity index (χ0) is 24.1. The second kappa shape index (κ2) is 9.13. The number of rotatable bonds is 5. The molecule has 3 amide bonds. The number of aliphatic hydroxyl groups excluding tert-OH is 1. The highest BCUT2D eigenvalue weighted by Crippen LogP contribution is 2.54. The average molecular weight is 511 g/mol. The molecule has 3 saturated heterocycles. The molecule has 3 aliphatic heterocycles. The number of anilines is 1. The van der Waals surface area contributed by atoms with E-state index in [1.165, 1.54) is 0 Å². The van der Waals surface area contributed by atoms with Crippen LogP contribution in [0.4, 0.5) is 10.5 Å². The van der Waals surface area contributed by atoms with Gasteiger partial charge in [0.2, 0.25) is 5.91 Å². The molecule has 1 aromatic rings. The van der Waals surface area contributed by atoms with Gasteiger partial charge in [-0.05, 0) is 56.3 Å². The molecule has 2 unspecified atom stereocenters. The SMILES string of the molecule is CC1C(=O)N(CC2(CN3CCC4(CC4)C(O)C3)COC2)CCN1C(=O)Nc1ccc(Cl)c(Cl)c1. The highest BCUT2D eigenvalue weighted by Gasteiger charge is 2.53. The maximum atomic E-state index is 13.2. The Morgan fingerprint density at radius 2 is 1.91 bits per heavy atom. The van der Waals surface area contributed by atoms with E-state index in [0.717, 1.165) is 32.4 Å². The minimum Gasteiger partial charge on any atom is -0.391 e. The molecule has 1 aromatic carbocycles. The molecule has 5 rings (SSSR count). The van der Waals surface area contributed by atoms with Crippen LogP contribution in [-0.2, 0) is 9.53 Å². The number of hydrogen-bond donors (Lipinski definition) is 2. The number of piperazine rings is 1. The van der Waals surface area contributed by atoms with Crippen molar-refractivity contribution in [3.63, 3.8) is 0 Å². The van der Waals surface area contributed by atoms with E-state index in [4.69, 9.17) is 27.9 Å². The number of carbonyl (C=O) groups excluding carboxylic acids is 2. The first-order valence-corrected chi connectivity index (χ1v) is 12.8. The number of carbonyl (C=O) groups is 2. The maximum Gasteiger partial charge on any atom is 0.322 e. The van der Waals surface area contributed by atoms with Crippen LogP contribution in [-0.4, -0.2) is 96.4 Å². The van der Waals surface area contributed by atoms with Crippen molar-refractivity contribution in [1.82, 2.24) is 14.7 Å². The van der Waals surface area contributed by atoms with Gasteiger partial charge in [0.05, 0.1) is 29.4 Å². The first-order valence-electron chi connectivity index (χ1n) is 12.0. The standard InChI is InChI=1S/C24H32Cl2N4O4/c1-16-21(32)29(8-9-30(16)22(33)27-17-2-3-18(25)19(26)10-17)13-23(14-34-15-23)12-28-7-6-24(4-5-24)20(31)11-28/h2-3,10,16,20,31H,4-9,11-15H2,1H3,(H,27,33). The van der Waals surface area contributed by atoms with Crippen molar-refractivity contribution in [3.8, 4) is 0 Å². The minimum atomic E-state index is -0.568. The van der Waals surface area contributed by atoms with E-state index in [9.17, 15) is 14.7 Å². The van der Waals surface area contributed by atoms with Gasteiger partial charge >= 0.3 is 6.03 Å². The number of halogens is 2. The lowest BCUT2D eigenvalue weighted by Gasteiger charge is -2.50. The molecule has 1 aliphatic carbocycles. The normalized spacial score (nSPS) is 28.1. The molecule has 8 nitrogen and oxygen atoms in total. The summed E-state index contributed by atoms with van der Waals surface area (Å²) in [4.78, 5) is 31.8. The van der Waals surface area contributed by atoms with E-state index in [1.54, 1.807) is 30.0 Å². The number of benzene rings is 1. The van der Waals surface area contributed by atoms with Crippen molar-refractivity contribution in [3.05, 3.63) is 28.2 Å². The van der Waals surface area contributed by atoms with Crippen LogP contribution in [0.1, 0.15) is 26.2 Å². The van der Waals surface area contributed by atoms with Crippen LogP contribution >= 0.6 is 23.2 Å². The lowest BCUT2D eigenvalue weighted by molar-refractivity contribution is -0.162. The largest absolute Gasteiger partial charge is 0.391 e. The quantitative estimate of drug-likeness (QED) is 0.635. The molecule has 34 heavy (non-hydrogen) atoms. The van der Waals surface area contributed by atoms with E-state index < -0.39 is 6.04 Å². The molecule has 4 aliphatic rings. The smallest absolute Gasteiger partial charge is 0.322 e. The second-order valence-electron chi connectivity index (χ2n) is 10.5. The van der Waals surface area contributed by atoms with E-state index in [-0.39, 0.29) is 28.9 Å². The summed E-state index contributed by atoms with van der Waals surface area (Å²) in [7, 11) is 0. The van der Waals surface area contributed by atoms with Crippen LogP contribution < -0.4 is 5.32 Å². The fourth-order valence-electron chi connectivity index (χ4n) is 5.60. The Bertz CT molecular complexity index is 968. The van der Waals surface area contributed by atoms with Gasteiger partial charge in [0.1, 0.15) is 6.04 Å². The predicted molar refractivity (Wildman–Crippen MR) is 130 cm³/mol. The second-order valence-corrected chi connectivity index (χ2v) is 11.4. The van der Waals surface area contributed by atoms with Crippen molar-refractivity contribution in [2.45, 2.75) is 38.3 Å². The number of amides is 3. The van der Waals surface area contributed by atoms with Crippen LogP contribution in [0.25, 0.3) is 0 Å². The van der Waals surface area contributed by atoms with Gasteiger partial charge in [-0.2, -0.15) is 0 Å². The van der Waals surface area contributed by atoms with Crippen molar-refractivity contribution in [1.29, 1.82) is 0 Å². The fraction of sp³-hybridized carbons (Fsp3) is 0.667. The number of likely N-dealkylation sites (tertiary alicyclic amines) is 1. The van der Waals surface area contributed by atoms with Gasteiger partial charge in [0.15, 0.2) is 0 Å². The minimum absolute atomic E-state index is 0.0579. The van der Waals surface area contributed by atoms with Crippen molar-refractivity contribution in [2.75, 3.05) is 57.8 Å². The average Bonchev–Trinajstić information content (AvgIpc) is 3.56. The van der Waals surface area contributed by atoms with Gasteiger partial charge in [-0.25, -0.2) is 4.79 Å². The Morgan fingerprint density at radius 1 is 1.15 bits per heavy atom. The van der Waals surface area contributed by atoms with Crippen LogP contribution in [0.3, 0.4) is 0 Å². The molecular weight excluding hydrogens is 479 g/mol. The summed E-state index contributed by atoms with van der Waals surface area (Å²) >= 11 is 12.0. The van der Waals surface area contributed by atoms with Gasteiger partial charge in [0, 0.05) is 43.8 Å². The first kappa shape index (κ1) is 24.1. The van der Waals surface area contributed by atoms with Gasteiger partial charge in [-0.3, -0.25) is 9.69 Å². The molecule has 0 aromatic heterocycles. The van der Waals surface area contributed by atoms with E-state index in [0.29, 0.717) is 55.1 Å². The number of hydrogen-bond acceptors (Lipinski definition) is 5. The third-order valence-electron chi connectivity index (χ3n) is 8.04. The monoisotopic (exact) mass is 510 g/mol. The maximum absolute atomic E-state index is 13.2. The Morgan fingerprint density at radius 3 is 2.53 bits per heavy atom. The van der Waals surface area contributed by atoms with Crippen molar-refractivity contribution < 1.29 is 19.4 Å². The van der Waals surface area contributed by atoms with Gasteiger partial charge in [-0.15, -0.1) is 0 Å². The number of aliphatic hydroxyl groups is 1. The highest BCUT2D eigenvalue weighted by molar-refractivity contribution is 6.42. The third kappa shape index (κ3) is 4.63. The predicted octanol–water partition coefficient (Wildman–Crippen LogP) is 2.92. The van der Waals surface area contributed by atoms with Crippen LogP contribution in [0, 0.1) is 10.8 Å². The molecule has 1 saturated carbocycles. The van der Waals surface area contributed by atoms with Gasteiger partial charge in [-0.1, -0.05) is 23.2 Å². The Hall–Kier alpha value is -1.58. The molecule has 0 radical (unpaired) electrons. The number of piperidine rings is 1. The fourth-order valence-corrected chi connectivity index (χ4v) is 5.90. The van der Waals surface area contributed by atoms with E-state index >= 15 is 0 Å². The topological polar surface area (TPSA) is 85.4 Å². The molecule has 0 bridgehead atoms. The zero-order valence-electron chi connectivity index (χ0n) is 19.4. The molecule has 2 N–H and O–H groups in total. The zero-order valence-corrected chi connectivity index (χ0v) is 20.9. The van der Waals surface area contributed by atoms with Crippen LogP contribution in [0.15, 0.2) is 18.2 Å². The van der Waals surface area contributed by atoms with E-state index in [1.807, 2.05) is 4.90 Å². The summed E-state index contributed by atoms with van der Waals surface area (Å²) < 4.78 is 5.59. The molecule has 2 atom stereocenters. The number of β-amino-alcohol motifs (C(OH)–C–C–N with tert-alkyl or cyclic N) is 1. The number of ether oxygens (including phenoxy) is 1. The molecule has 10 heteroatoms. The summed E-state index contributed by atoms with van der Waals surface area (Å²) in [5.41, 5.74) is 0.594. The Balaban J connectivity index is 1.17. The summed E-state index contributed by atoms with van der Waals surface area (Å²) in [6.07, 6.45) is 3.09. The van der Waals surface area contributed by atoms with Crippen LogP contribution in [0.2, 0.25) is 10.0 Å². The summed E-state index contributed by atoms with van der Waals surface area (Å²) in [6.45, 7) is 7.04. The summed E-state index contributed by atoms with van der Waals surface area (Å²) in [5, 5.41) is 14.2. The molecular formula is C24H32Cl2N4O4. The Kier molecular flexibility index (Phi) is 6.48. The lowest BCUT2D eigenvalue weighted by atomic mass is 9.82. The van der Waals surface area contributed by atoms with E-state index in [2.05, 4.69) is 10.2 Å². The summed E-state index contributed by atoms with van der Waals surface area (Å²) in [6, 6.07) is 3.99. The first-order chi connectivity index (χ1) is 16.2. The lowest BCUT2D eigenvalue weighted by Crippen LogP contribution is -2.64. The summed E-state index contributed by atoms with van der Waals surface area (Å²) in [5.74, 6) is -0.0579. The third-order valence-corrected chi connectivity index (χ3v) is 8.78. The Labute approximate surface area is 210 Å². The number of nitrogens with one attached hydrogen (secondary N) is 1.